The summed E-state index contributed by atoms with van der Waals surface area (Å²) in [6.07, 6.45) is 24.0. The smallest absolute Gasteiger partial charge is 0.221 e. The van der Waals surface area contributed by atoms with Crippen molar-refractivity contribution in [3.63, 3.8) is 0 Å². The van der Waals surface area contributed by atoms with Gasteiger partial charge in [0.2, 0.25) is 5.24 Å². The van der Waals surface area contributed by atoms with E-state index in [9.17, 15) is 4.79 Å². The molecule has 0 unspecified atom stereocenters. The molecule has 0 aliphatic heterocycles. The van der Waals surface area contributed by atoms with E-state index in [1.807, 2.05) is 0 Å². The van der Waals surface area contributed by atoms with Gasteiger partial charge in [-0.3, -0.25) is 4.79 Å². The van der Waals surface area contributed by atoms with Crippen molar-refractivity contribution in [2.45, 2.75) is 71.1 Å². The number of allylic oxidation sites excluding steroid dienone is 6. The van der Waals surface area contributed by atoms with E-state index < -0.39 is 0 Å². The molecule has 1 nitrogen and oxygen atoms in total. The van der Waals surface area contributed by atoms with E-state index >= 15 is 0 Å². The first-order valence-corrected chi connectivity index (χ1v) is 8.28. The molecule has 0 aromatic carbocycles. The normalized spacial score (nSPS) is 12.1. The molecule has 0 aliphatic carbocycles. The Morgan fingerprint density at radius 1 is 0.800 bits per heavy atom. The quantitative estimate of drug-likeness (QED) is 0.220. The zero-order valence-corrected chi connectivity index (χ0v) is 13.6. The topological polar surface area (TPSA) is 17.1 Å². The zero-order chi connectivity index (χ0) is 14.9. The predicted octanol–water partition coefficient (Wildman–Crippen LogP) is 6.34. The van der Waals surface area contributed by atoms with E-state index in [-0.39, 0.29) is 5.24 Å². The van der Waals surface area contributed by atoms with Crippen LogP contribution in [0.5, 0.6) is 0 Å². The standard InChI is InChI=1S/C18H29ClO/c1-2-3-4-5-6-7-8-9-10-11-12-13-14-15-16-17-18(19)20/h3-4,6-7,9-10H,2,5,8,11-17H2,1H3/b4-3+,7-6+,10-9-. The van der Waals surface area contributed by atoms with Gasteiger partial charge in [0.1, 0.15) is 0 Å². The second-order valence-corrected chi connectivity index (χ2v) is 5.38. The second-order valence-electron chi connectivity index (χ2n) is 4.96. The van der Waals surface area contributed by atoms with Gasteiger partial charge in [-0.15, -0.1) is 0 Å². The fourth-order valence-corrected chi connectivity index (χ4v) is 2.02. The molecular weight excluding hydrogens is 268 g/mol. The van der Waals surface area contributed by atoms with Crippen LogP contribution in [0, 0.1) is 0 Å². The van der Waals surface area contributed by atoms with Gasteiger partial charge in [-0.05, 0) is 50.1 Å². The summed E-state index contributed by atoms with van der Waals surface area (Å²) in [5.41, 5.74) is 0. The number of hydrogen-bond acceptors (Lipinski definition) is 1. The van der Waals surface area contributed by atoms with Crippen molar-refractivity contribution in [3.05, 3.63) is 36.5 Å². The summed E-state index contributed by atoms with van der Waals surface area (Å²) in [6.45, 7) is 2.15. The third-order valence-electron chi connectivity index (χ3n) is 3.02. The minimum atomic E-state index is -0.203. The van der Waals surface area contributed by atoms with Gasteiger partial charge in [0.05, 0.1) is 0 Å². The molecule has 2 heteroatoms. The largest absolute Gasteiger partial charge is 0.281 e. The molecule has 0 N–H and O–H groups in total. The summed E-state index contributed by atoms with van der Waals surface area (Å²) < 4.78 is 0. The number of unbranched alkanes of at least 4 members (excludes halogenated alkanes) is 5. The van der Waals surface area contributed by atoms with Crippen LogP contribution < -0.4 is 0 Å². The van der Waals surface area contributed by atoms with Crippen LogP contribution >= 0.6 is 11.6 Å². The molecule has 0 bridgehead atoms. The first-order chi connectivity index (χ1) is 9.77. The summed E-state index contributed by atoms with van der Waals surface area (Å²) in [7, 11) is 0. The fourth-order valence-electron chi connectivity index (χ4n) is 1.88. The van der Waals surface area contributed by atoms with Crippen molar-refractivity contribution in [2.75, 3.05) is 0 Å². The van der Waals surface area contributed by atoms with E-state index in [0.717, 1.165) is 38.5 Å². The Hall–Kier alpha value is -0.820. The van der Waals surface area contributed by atoms with Gasteiger partial charge in [-0.2, -0.15) is 0 Å². The lowest BCUT2D eigenvalue weighted by atomic mass is 10.1. The molecule has 0 radical (unpaired) electrons. The van der Waals surface area contributed by atoms with Crippen molar-refractivity contribution in [1.82, 2.24) is 0 Å². The van der Waals surface area contributed by atoms with E-state index in [4.69, 9.17) is 11.6 Å². The van der Waals surface area contributed by atoms with Gasteiger partial charge in [0.25, 0.3) is 0 Å². The molecule has 0 aromatic heterocycles. The van der Waals surface area contributed by atoms with Crippen LogP contribution in [0.3, 0.4) is 0 Å². The zero-order valence-electron chi connectivity index (χ0n) is 12.8. The highest BCUT2D eigenvalue weighted by Crippen LogP contribution is 2.08. The van der Waals surface area contributed by atoms with Gasteiger partial charge in [0, 0.05) is 6.42 Å². The summed E-state index contributed by atoms with van der Waals surface area (Å²) in [5, 5.41) is -0.203. The minimum absolute atomic E-state index is 0.203. The maximum absolute atomic E-state index is 10.5. The SMILES string of the molecule is CC/C=C/C/C=C/C/C=C\CCCCCCCC(=O)Cl. The van der Waals surface area contributed by atoms with Crippen LogP contribution in [-0.4, -0.2) is 5.24 Å². The van der Waals surface area contributed by atoms with E-state index in [1.165, 1.54) is 19.3 Å². The lowest BCUT2D eigenvalue weighted by Crippen LogP contribution is -1.86. The van der Waals surface area contributed by atoms with Gasteiger partial charge in [-0.25, -0.2) is 0 Å². The number of carbonyl (C=O) groups is 1. The fraction of sp³-hybridized carbons (Fsp3) is 0.611. The van der Waals surface area contributed by atoms with Crippen molar-refractivity contribution < 1.29 is 4.79 Å². The molecule has 114 valence electrons. The summed E-state index contributed by atoms with van der Waals surface area (Å²) in [6, 6.07) is 0. The first kappa shape index (κ1) is 19.2. The van der Waals surface area contributed by atoms with Crippen LogP contribution in [0.4, 0.5) is 0 Å². The van der Waals surface area contributed by atoms with Crippen LogP contribution in [0.1, 0.15) is 71.1 Å². The minimum Gasteiger partial charge on any atom is -0.281 e. The van der Waals surface area contributed by atoms with E-state index in [1.54, 1.807) is 0 Å². The predicted molar refractivity (Wildman–Crippen MR) is 90.1 cm³/mol. The average molecular weight is 297 g/mol. The number of rotatable bonds is 13. The second kappa shape index (κ2) is 16.2. The first-order valence-electron chi connectivity index (χ1n) is 7.90. The molecule has 20 heavy (non-hydrogen) atoms. The third kappa shape index (κ3) is 17.2. The lowest BCUT2D eigenvalue weighted by Gasteiger charge is -1.97. The molecule has 0 saturated heterocycles. The molecule has 0 amide bonds. The molecule has 0 heterocycles. The van der Waals surface area contributed by atoms with Crippen molar-refractivity contribution in [2.24, 2.45) is 0 Å². The molecule has 0 aromatic rings. The van der Waals surface area contributed by atoms with Gasteiger partial charge < -0.3 is 0 Å². The molecular formula is C18H29ClO. The highest BCUT2D eigenvalue weighted by atomic mass is 35.5. The summed E-state index contributed by atoms with van der Waals surface area (Å²) in [5.74, 6) is 0. The van der Waals surface area contributed by atoms with Gasteiger partial charge in [0.15, 0.2) is 0 Å². The van der Waals surface area contributed by atoms with Crippen molar-refractivity contribution in [3.8, 4) is 0 Å². The van der Waals surface area contributed by atoms with E-state index in [0.29, 0.717) is 6.42 Å². The summed E-state index contributed by atoms with van der Waals surface area (Å²) >= 11 is 5.28. The van der Waals surface area contributed by atoms with Crippen LogP contribution in [-0.2, 0) is 4.79 Å². The molecule has 0 spiro atoms. The van der Waals surface area contributed by atoms with Crippen molar-refractivity contribution >= 4 is 16.8 Å². The maximum Gasteiger partial charge on any atom is 0.221 e. The highest BCUT2D eigenvalue weighted by Gasteiger charge is 1.95. The average Bonchev–Trinajstić information content (AvgIpc) is 2.43. The molecule has 0 atom stereocenters. The Bertz CT molecular complexity index is 303. The number of halogens is 1. The molecule has 0 rings (SSSR count). The van der Waals surface area contributed by atoms with Crippen LogP contribution in [0.15, 0.2) is 36.5 Å². The van der Waals surface area contributed by atoms with Crippen LogP contribution in [0.25, 0.3) is 0 Å². The van der Waals surface area contributed by atoms with Crippen molar-refractivity contribution in [1.29, 1.82) is 0 Å². The summed E-state index contributed by atoms with van der Waals surface area (Å²) in [4.78, 5) is 10.5. The Balaban J connectivity index is 3.23. The Morgan fingerprint density at radius 3 is 2.00 bits per heavy atom. The third-order valence-corrected chi connectivity index (χ3v) is 3.21. The number of hydrogen-bond donors (Lipinski definition) is 0. The Morgan fingerprint density at radius 2 is 1.35 bits per heavy atom. The van der Waals surface area contributed by atoms with Crippen LogP contribution in [0.2, 0.25) is 0 Å². The molecule has 0 saturated carbocycles. The number of carbonyl (C=O) groups excluding carboxylic acids is 1. The Labute approximate surface area is 129 Å². The van der Waals surface area contributed by atoms with E-state index in [2.05, 4.69) is 43.4 Å². The highest BCUT2D eigenvalue weighted by molar-refractivity contribution is 6.63. The van der Waals surface area contributed by atoms with Gasteiger partial charge >= 0.3 is 0 Å². The lowest BCUT2D eigenvalue weighted by molar-refractivity contribution is -0.111. The monoisotopic (exact) mass is 296 g/mol. The molecule has 0 fully saturated rings. The maximum atomic E-state index is 10.5. The molecule has 0 aliphatic rings. The van der Waals surface area contributed by atoms with Gasteiger partial charge in [-0.1, -0.05) is 62.6 Å². The Kier molecular flexibility index (Phi) is 15.6.